The van der Waals surface area contributed by atoms with Crippen molar-refractivity contribution in [2.45, 2.75) is 52.7 Å². The molecule has 14 nitrogen and oxygen atoms in total. The van der Waals surface area contributed by atoms with Crippen LogP contribution < -0.4 is 20.4 Å². The molecule has 3 N–H and O–H groups in total. The van der Waals surface area contributed by atoms with Gasteiger partial charge < -0.3 is 18.9 Å². The molecule has 2 fully saturated rings. The highest BCUT2D eigenvalue weighted by atomic mass is 16.6. The molecule has 0 unspecified atom stereocenters. The lowest BCUT2D eigenvalue weighted by molar-refractivity contribution is -0.150. The molecule has 0 radical (unpaired) electrons. The van der Waals surface area contributed by atoms with Crippen molar-refractivity contribution in [2.24, 2.45) is 22.7 Å². The number of aryl methyl sites for hydroxylation is 2. The predicted octanol–water partition coefficient (Wildman–Crippen LogP) is 7.12. The van der Waals surface area contributed by atoms with Crippen molar-refractivity contribution in [3.8, 4) is 11.5 Å². The van der Waals surface area contributed by atoms with Gasteiger partial charge in [0.1, 0.15) is 24.7 Å². The van der Waals surface area contributed by atoms with E-state index in [2.05, 4.69) is 15.4 Å². The highest BCUT2D eigenvalue weighted by Gasteiger charge is 2.65. The molecule has 2 aromatic heterocycles. The molecule has 6 aromatic rings. The number of esters is 2. The number of ether oxygens (including phenoxy) is 4. The number of hydroxylamine groups is 2. The predicted molar refractivity (Wildman–Crippen MR) is 234 cm³/mol. The summed E-state index contributed by atoms with van der Waals surface area (Å²) in [6.07, 6.45) is 1.54. The van der Waals surface area contributed by atoms with Crippen LogP contribution in [0, 0.1) is 36.5 Å². The number of hydrogen-bond donors (Lipinski definition) is 3. The first-order chi connectivity index (χ1) is 30.4. The largest absolute Gasteiger partial charge is 0.489 e. The first-order valence-corrected chi connectivity index (χ1v) is 20.5. The molecule has 0 spiro atoms. The molecule has 8 rings (SSSR count). The first kappa shape index (κ1) is 44.2. The minimum Gasteiger partial charge on any atom is -0.489 e. The summed E-state index contributed by atoms with van der Waals surface area (Å²) in [6.45, 7) is 4.77. The minimum absolute atomic E-state index is 0. The quantitative estimate of drug-likeness (QED) is 0.0541. The lowest BCUT2D eigenvalue weighted by atomic mass is 9.93. The van der Waals surface area contributed by atoms with Gasteiger partial charge in [-0.1, -0.05) is 60.7 Å². The van der Waals surface area contributed by atoms with Crippen LogP contribution in [0.15, 0.2) is 109 Å². The number of pyridine rings is 2. The van der Waals surface area contributed by atoms with Crippen LogP contribution in [0.25, 0.3) is 21.8 Å². The molecule has 4 atom stereocenters. The molecule has 4 aromatic carbocycles. The third-order valence-electron chi connectivity index (χ3n) is 11.8. The second-order valence-corrected chi connectivity index (χ2v) is 16.1. The fourth-order valence-electron chi connectivity index (χ4n) is 8.43. The van der Waals surface area contributed by atoms with Gasteiger partial charge in [0.25, 0.3) is 0 Å². The molecule has 2 heterocycles. The number of nitrogens with one attached hydrogen (secondary N) is 2. The van der Waals surface area contributed by atoms with Crippen LogP contribution in [0.1, 0.15) is 47.9 Å². The summed E-state index contributed by atoms with van der Waals surface area (Å²) >= 11 is 0. The molecule has 2 aliphatic rings. The van der Waals surface area contributed by atoms with Gasteiger partial charge in [0.05, 0.1) is 55.0 Å². The summed E-state index contributed by atoms with van der Waals surface area (Å²) in [4.78, 5) is 62.5. The zero-order chi connectivity index (χ0) is 44.7. The van der Waals surface area contributed by atoms with E-state index in [0.29, 0.717) is 44.6 Å². The number of nitrogens with zero attached hydrogens (tertiary/aromatic N) is 2. The van der Waals surface area contributed by atoms with Crippen molar-refractivity contribution < 1.29 is 49.6 Å². The molecule has 63 heavy (non-hydrogen) atoms. The Kier molecular flexibility index (Phi) is 13.3. The number of carbonyl (C=O) groups is 4. The monoisotopic (exact) mass is 857 g/mol. The minimum atomic E-state index is -0.933. The Morgan fingerprint density at radius 3 is 1.44 bits per heavy atom. The maximum Gasteiger partial charge on any atom is 0.312 e. The van der Waals surface area contributed by atoms with Gasteiger partial charge in [0, 0.05) is 34.7 Å². The van der Waals surface area contributed by atoms with E-state index in [-0.39, 0.29) is 13.3 Å². The van der Waals surface area contributed by atoms with Gasteiger partial charge >= 0.3 is 11.9 Å². The Morgan fingerprint density at radius 2 is 1.05 bits per heavy atom. The van der Waals surface area contributed by atoms with E-state index >= 15 is 0 Å². The molecule has 0 aliphatic heterocycles. The second-order valence-electron chi connectivity index (χ2n) is 16.1. The van der Waals surface area contributed by atoms with Crippen LogP contribution in [0.3, 0.4) is 0 Å². The average molecular weight is 858 g/mol. The van der Waals surface area contributed by atoms with Gasteiger partial charge in [0.15, 0.2) is 0 Å². The standard InChI is InChI=1S/C25H26N2O5.C24H24N2O5.H2/c1-16-12-18(20-6-4-5-7-22(20)26-16)15-32-19-10-8-17(9-11-19)13-25(24(29)30-2)14-21(25)23(28)27-31-3;1-15-11-17(19-5-3-4-6-21(19)25-15)14-31-18-9-7-16(8-10-18)12-24(23(28)30-2)13-20(24)22(27)26-29;/h4-12,21H,13-15H2,1-3H3,(H,27,28);3-11,20,29H,12-14H2,1-2H3,(H,26,27);1H/t21-,25+;20-,24+;/m11./s1/i;;1+1. The summed E-state index contributed by atoms with van der Waals surface area (Å²) < 4.78 is 21.9. The van der Waals surface area contributed by atoms with Crippen LogP contribution in [0.2, 0.25) is 0 Å². The second kappa shape index (κ2) is 19.0. The van der Waals surface area contributed by atoms with Crippen LogP contribution >= 0.6 is 0 Å². The lowest BCUT2D eigenvalue weighted by Crippen LogP contribution is -2.31. The van der Waals surface area contributed by atoms with E-state index in [9.17, 15) is 19.2 Å². The fraction of sp³-hybridized carbons (Fsp3) is 0.306. The maximum atomic E-state index is 12.4. The third-order valence-corrected chi connectivity index (χ3v) is 11.8. The molecular weight excluding hydrogens is 805 g/mol. The Morgan fingerprint density at radius 1 is 0.635 bits per heavy atom. The van der Waals surface area contributed by atoms with Crippen molar-refractivity contribution in [1.29, 1.82) is 0 Å². The van der Waals surface area contributed by atoms with Crippen LogP contribution in [0.4, 0.5) is 0 Å². The highest BCUT2D eigenvalue weighted by molar-refractivity contribution is 5.94. The number of amides is 2. The van der Waals surface area contributed by atoms with Gasteiger partial charge in [0.2, 0.25) is 11.8 Å². The van der Waals surface area contributed by atoms with Gasteiger partial charge in [-0.15, -0.1) is 0 Å². The molecule has 328 valence electrons. The van der Waals surface area contributed by atoms with Crippen LogP contribution in [0.5, 0.6) is 11.5 Å². The van der Waals surface area contributed by atoms with Gasteiger partial charge in [-0.25, -0.2) is 11.0 Å². The molecule has 2 aliphatic carbocycles. The number of methoxy groups -OCH3 is 2. The van der Waals surface area contributed by atoms with Crippen molar-refractivity contribution in [1.82, 2.24) is 20.9 Å². The maximum absolute atomic E-state index is 12.4. The van der Waals surface area contributed by atoms with E-state index < -0.39 is 34.5 Å². The number of carbonyl (C=O) groups excluding carboxylic acids is 4. The summed E-state index contributed by atoms with van der Waals surface area (Å²) in [7, 11) is 4.02. The van der Waals surface area contributed by atoms with E-state index in [0.717, 1.165) is 61.2 Å². The Hall–Kier alpha value is -6.90. The van der Waals surface area contributed by atoms with Gasteiger partial charge in [-0.05, 0) is 99.2 Å². The molecule has 0 saturated heterocycles. The van der Waals surface area contributed by atoms with Crippen molar-refractivity contribution >= 4 is 45.6 Å². The summed E-state index contributed by atoms with van der Waals surface area (Å²) in [5.41, 5.74) is 9.89. The smallest absolute Gasteiger partial charge is 0.312 e. The molecule has 14 heteroatoms. The molecule has 2 amide bonds. The highest BCUT2D eigenvalue weighted by Crippen LogP contribution is 2.56. The van der Waals surface area contributed by atoms with Gasteiger partial charge in [-0.2, -0.15) is 0 Å². The zero-order valence-corrected chi connectivity index (χ0v) is 35.8. The van der Waals surface area contributed by atoms with Crippen LogP contribution in [-0.2, 0) is 59.5 Å². The Labute approximate surface area is 366 Å². The summed E-state index contributed by atoms with van der Waals surface area (Å²) in [6, 6.07) is 35.1. The van der Waals surface area contributed by atoms with E-state index in [1.54, 1.807) is 5.48 Å². The van der Waals surface area contributed by atoms with Crippen molar-refractivity contribution in [3.63, 3.8) is 0 Å². The molecular formula is C49H52N4O10. The number of hydrogen-bond acceptors (Lipinski definition) is 12. The molecule has 0 bridgehead atoms. The first-order valence-electron chi connectivity index (χ1n) is 20.5. The lowest BCUT2D eigenvalue weighted by Gasteiger charge is -2.15. The van der Waals surface area contributed by atoms with Crippen LogP contribution in [-0.4, -0.2) is 60.3 Å². The summed E-state index contributed by atoms with van der Waals surface area (Å²) in [5.74, 6) is -1.32. The number of para-hydroxylation sites is 2. The average Bonchev–Trinajstić information content (AvgIpc) is 4.22. The summed E-state index contributed by atoms with van der Waals surface area (Å²) in [5, 5.41) is 11.0. The number of benzene rings is 4. The molecule has 2 saturated carbocycles. The van der Waals surface area contributed by atoms with Gasteiger partial charge in [-0.3, -0.25) is 39.2 Å². The van der Waals surface area contributed by atoms with E-state index in [1.165, 1.54) is 21.3 Å². The third kappa shape index (κ3) is 9.77. The van der Waals surface area contributed by atoms with E-state index in [1.807, 2.05) is 123 Å². The normalized spacial score (nSPS) is 19.5. The number of rotatable bonds is 15. The Bertz CT molecular complexity index is 2640. The Balaban J connectivity index is 0.000000209. The van der Waals surface area contributed by atoms with Crippen molar-refractivity contribution in [2.75, 3.05) is 21.3 Å². The number of fused-ring (bicyclic) bond motifs is 2. The van der Waals surface area contributed by atoms with E-state index in [4.69, 9.17) is 29.0 Å². The van der Waals surface area contributed by atoms with Crippen molar-refractivity contribution in [3.05, 3.63) is 143 Å². The fourth-order valence-corrected chi connectivity index (χ4v) is 8.43. The topological polar surface area (TPSA) is 184 Å². The SMILES string of the molecule is COC(=O)[C@@]1(Cc2ccc(OCc3cc(C)nc4ccccc34)cc2)C[C@@H]1C(=O)NO.CONC(=O)[C@H]1C[C@]1(Cc1ccc(OCc2cc(C)nc3ccccc23)cc1)C(=O)OC.[2HH]. The number of aromatic nitrogens is 2. The zero-order valence-electron chi connectivity index (χ0n) is 35.8.